The maximum atomic E-state index is 11.2. The minimum atomic E-state index is -1.24. The molecule has 2 heterocycles. The number of hydrogen-bond donors (Lipinski definition) is 2. The van der Waals surface area contributed by atoms with Crippen LogP contribution in [0.1, 0.15) is 25.3 Å². The van der Waals surface area contributed by atoms with Crippen LogP contribution < -0.4 is 5.73 Å². The molecule has 0 saturated carbocycles. The lowest BCUT2D eigenvalue weighted by Gasteiger charge is -2.26. The molecule has 8 heteroatoms. The predicted octanol–water partition coefficient (Wildman–Crippen LogP) is 2.64. The molecule has 2 unspecified atom stereocenters. The van der Waals surface area contributed by atoms with E-state index in [2.05, 4.69) is 22.2 Å². The van der Waals surface area contributed by atoms with Crippen molar-refractivity contribution in [3.05, 3.63) is 35.0 Å². The number of carboxylic acid groups (broad SMARTS) is 1. The zero-order valence-corrected chi connectivity index (χ0v) is 13.6. The van der Waals surface area contributed by atoms with E-state index in [4.69, 9.17) is 5.73 Å². The Hall–Kier alpha value is -3.65. The number of nitrogen functional groups attached to an aromatic ring is 1. The lowest BCUT2D eigenvalue weighted by molar-refractivity contribution is 0.194. The van der Waals surface area contributed by atoms with Crippen LogP contribution in [0.5, 0.6) is 0 Å². The Morgan fingerprint density at radius 2 is 2.08 bits per heavy atom. The van der Waals surface area contributed by atoms with E-state index in [1.54, 1.807) is 32.0 Å². The molecular weight excluding hydrogens is 320 g/mol. The van der Waals surface area contributed by atoms with Crippen molar-refractivity contribution >= 4 is 28.5 Å². The van der Waals surface area contributed by atoms with E-state index in [0.717, 1.165) is 4.68 Å². The van der Waals surface area contributed by atoms with Gasteiger partial charge in [-0.05, 0) is 31.5 Å². The molecule has 0 amide bonds. The van der Waals surface area contributed by atoms with Gasteiger partial charge in [0.15, 0.2) is 5.82 Å². The third-order valence-corrected chi connectivity index (χ3v) is 4.36. The molecule has 1 aromatic carbocycles. The number of nitrogens with two attached hydrogens (primary N) is 1. The molecule has 0 fully saturated rings. The third kappa shape index (κ3) is 2.41. The highest BCUT2D eigenvalue weighted by Gasteiger charge is 2.34. The molecule has 2 aromatic rings. The lowest BCUT2D eigenvalue weighted by Crippen LogP contribution is -2.24. The van der Waals surface area contributed by atoms with Crippen molar-refractivity contribution in [3.63, 3.8) is 0 Å². The zero-order valence-electron chi connectivity index (χ0n) is 13.6. The largest absolute Gasteiger partial charge is 0.463 e. The Kier molecular flexibility index (Phi) is 3.74. The van der Waals surface area contributed by atoms with Crippen molar-refractivity contribution in [1.82, 2.24) is 9.78 Å². The average molecular weight is 334 g/mol. The van der Waals surface area contributed by atoms with E-state index >= 15 is 0 Å². The van der Waals surface area contributed by atoms with Gasteiger partial charge in [-0.15, -0.1) is 5.10 Å². The van der Waals surface area contributed by atoms with Gasteiger partial charge in [0.05, 0.1) is 34.8 Å². The minimum Gasteiger partial charge on any atom is -0.463 e. The number of carbonyl (C=O) groups is 1. The number of anilines is 1. The number of rotatable bonds is 1. The van der Waals surface area contributed by atoms with Crippen LogP contribution in [0.4, 0.5) is 10.6 Å². The molecule has 0 bridgehead atoms. The first-order chi connectivity index (χ1) is 11.9. The molecule has 0 aliphatic carbocycles. The topological polar surface area (TPSA) is 141 Å². The summed E-state index contributed by atoms with van der Waals surface area (Å²) in [4.78, 5) is 15.5. The molecule has 3 rings (SSSR count). The van der Waals surface area contributed by atoms with E-state index in [1.807, 2.05) is 0 Å². The Bertz CT molecular complexity index is 1050. The van der Waals surface area contributed by atoms with Crippen LogP contribution >= 0.6 is 0 Å². The van der Waals surface area contributed by atoms with Crippen LogP contribution in [0.2, 0.25) is 0 Å². The molecule has 2 atom stereocenters. The van der Waals surface area contributed by atoms with Crippen molar-refractivity contribution < 1.29 is 9.90 Å². The SMILES string of the molecule is CC1=NC(C)=C(C#N)C(c2ccc3c(c2)c(N)nn3C(=O)O)C1C#N. The lowest BCUT2D eigenvalue weighted by atomic mass is 9.76. The number of benzene rings is 1. The number of nitrogens with zero attached hydrogens (tertiary/aromatic N) is 5. The average Bonchev–Trinajstić information content (AvgIpc) is 2.91. The van der Waals surface area contributed by atoms with Crippen LogP contribution in [0.3, 0.4) is 0 Å². The van der Waals surface area contributed by atoms with Gasteiger partial charge in [-0.25, -0.2) is 4.79 Å². The highest BCUT2D eigenvalue weighted by molar-refractivity contribution is 5.95. The summed E-state index contributed by atoms with van der Waals surface area (Å²) < 4.78 is 0.802. The fraction of sp³-hybridized carbons (Fsp3) is 0.235. The summed E-state index contributed by atoms with van der Waals surface area (Å²) in [6.45, 7) is 3.49. The zero-order chi connectivity index (χ0) is 18.3. The van der Waals surface area contributed by atoms with Gasteiger partial charge in [-0.2, -0.15) is 15.2 Å². The van der Waals surface area contributed by atoms with Gasteiger partial charge in [-0.1, -0.05) is 6.07 Å². The molecule has 0 radical (unpaired) electrons. The number of hydrogen-bond acceptors (Lipinski definition) is 6. The Balaban J connectivity index is 2.23. The van der Waals surface area contributed by atoms with E-state index in [-0.39, 0.29) is 5.82 Å². The molecule has 8 nitrogen and oxygen atoms in total. The standard InChI is InChI=1S/C17H14N6O2/c1-8-12(6-18)15(13(7-19)9(2)21-8)10-3-4-14-11(5-10)16(20)22-23(14)17(24)25/h3-5,12,15H,1-2H3,(H2,20,22)(H,24,25). The number of nitriles is 2. The molecule has 0 spiro atoms. The molecule has 3 N–H and O–H groups in total. The van der Waals surface area contributed by atoms with Crippen molar-refractivity contribution in [2.24, 2.45) is 10.9 Å². The van der Waals surface area contributed by atoms with Gasteiger partial charge < -0.3 is 10.8 Å². The molecule has 25 heavy (non-hydrogen) atoms. The molecule has 1 aliphatic heterocycles. The maximum absolute atomic E-state index is 11.2. The van der Waals surface area contributed by atoms with Gasteiger partial charge in [0.2, 0.25) is 0 Å². The Morgan fingerprint density at radius 3 is 2.68 bits per heavy atom. The molecule has 124 valence electrons. The maximum Gasteiger partial charge on any atom is 0.432 e. The summed E-state index contributed by atoms with van der Waals surface area (Å²) in [6, 6.07) is 9.33. The van der Waals surface area contributed by atoms with Crippen molar-refractivity contribution in [3.8, 4) is 12.1 Å². The first-order valence-corrected chi connectivity index (χ1v) is 7.46. The van der Waals surface area contributed by atoms with Gasteiger partial charge >= 0.3 is 6.09 Å². The molecule has 1 aromatic heterocycles. The van der Waals surface area contributed by atoms with E-state index < -0.39 is 17.9 Å². The first-order valence-electron chi connectivity index (χ1n) is 7.46. The first kappa shape index (κ1) is 16.2. The normalized spacial score (nSPS) is 20.1. The van der Waals surface area contributed by atoms with Crippen molar-refractivity contribution in [2.45, 2.75) is 19.8 Å². The van der Waals surface area contributed by atoms with Crippen LogP contribution in [0.25, 0.3) is 10.9 Å². The summed E-state index contributed by atoms with van der Waals surface area (Å²) in [5.41, 5.74) is 8.52. The minimum absolute atomic E-state index is 0.0770. The molecular formula is C17H14N6O2. The Morgan fingerprint density at radius 1 is 1.36 bits per heavy atom. The van der Waals surface area contributed by atoms with Crippen LogP contribution in [0.15, 0.2) is 34.5 Å². The summed E-state index contributed by atoms with van der Waals surface area (Å²) in [7, 11) is 0. The van der Waals surface area contributed by atoms with E-state index in [9.17, 15) is 20.4 Å². The van der Waals surface area contributed by atoms with Crippen molar-refractivity contribution in [1.29, 1.82) is 10.5 Å². The molecule has 1 aliphatic rings. The second-order valence-electron chi connectivity index (χ2n) is 5.80. The smallest absolute Gasteiger partial charge is 0.432 e. The highest BCUT2D eigenvalue weighted by atomic mass is 16.4. The number of fused-ring (bicyclic) bond motifs is 1. The fourth-order valence-corrected chi connectivity index (χ4v) is 3.20. The summed E-state index contributed by atoms with van der Waals surface area (Å²) in [5, 5.41) is 32.5. The van der Waals surface area contributed by atoms with Gasteiger partial charge in [-0.3, -0.25) is 4.99 Å². The fourth-order valence-electron chi connectivity index (χ4n) is 3.20. The number of allylic oxidation sites excluding steroid dienone is 2. The van der Waals surface area contributed by atoms with Gasteiger partial charge in [0.1, 0.15) is 0 Å². The summed E-state index contributed by atoms with van der Waals surface area (Å²) >= 11 is 0. The van der Waals surface area contributed by atoms with Crippen molar-refractivity contribution in [2.75, 3.05) is 5.73 Å². The van der Waals surface area contributed by atoms with Gasteiger partial charge in [0, 0.05) is 17.0 Å². The second kappa shape index (κ2) is 5.77. The van der Waals surface area contributed by atoms with Crippen LogP contribution in [-0.4, -0.2) is 26.7 Å². The third-order valence-electron chi connectivity index (χ3n) is 4.36. The second-order valence-corrected chi connectivity index (χ2v) is 5.80. The number of aliphatic imine (C=N–C) groups is 1. The highest BCUT2D eigenvalue weighted by Crippen LogP contribution is 2.39. The van der Waals surface area contributed by atoms with E-state index in [1.165, 1.54) is 0 Å². The van der Waals surface area contributed by atoms with Crippen LogP contribution in [0, 0.1) is 28.6 Å². The summed E-state index contributed by atoms with van der Waals surface area (Å²) in [5.74, 6) is -0.982. The quantitative estimate of drug-likeness (QED) is 0.821. The van der Waals surface area contributed by atoms with Gasteiger partial charge in [0.25, 0.3) is 0 Å². The van der Waals surface area contributed by atoms with E-state index in [0.29, 0.717) is 33.4 Å². The monoisotopic (exact) mass is 334 g/mol. The Labute approximate surface area is 143 Å². The predicted molar refractivity (Wildman–Crippen MR) is 90.8 cm³/mol. The molecule has 0 saturated heterocycles. The number of aromatic nitrogens is 2. The summed E-state index contributed by atoms with van der Waals surface area (Å²) in [6.07, 6.45) is -1.24. The van der Waals surface area contributed by atoms with Crippen LogP contribution in [-0.2, 0) is 0 Å².